The highest BCUT2D eigenvalue weighted by molar-refractivity contribution is 6.93. The predicted molar refractivity (Wildman–Crippen MR) is 99.1 cm³/mol. The van der Waals surface area contributed by atoms with Crippen LogP contribution in [0.4, 0.5) is 0 Å². The first-order chi connectivity index (χ1) is 9.17. The fourth-order valence-corrected chi connectivity index (χ4v) is 18.6. The Balaban J connectivity index is 4.65. The van der Waals surface area contributed by atoms with Crippen molar-refractivity contribution in [2.24, 2.45) is 0 Å². The van der Waals surface area contributed by atoms with E-state index in [4.69, 9.17) is 8.54 Å². The van der Waals surface area contributed by atoms with E-state index in [1.54, 1.807) is 0 Å². The average molecular weight is 335 g/mol. The standard InChI is InChI=1S/C15H38O2Si3/c1-9-10-11-12-13-14-15(19(5,6)16-2)20(7,8)17-18(3)4/h15,18H,9-14H2,1-8H3. The summed E-state index contributed by atoms with van der Waals surface area (Å²) in [4.78, 5) is 0. The lowest BCUT2D eigenvalue weighted by Crippen LogP contribution is -2.52. The van der Waals surface area contributed by atoms with Crippen LogP contribution >= 0.6 is 0 Å². The summed E-state index contributed by atoms with van der Waals surface area (Å²) in [6.45, 7) is 16.5. The van der Waals surface area contributed by atoms with Gasteiger partial charge in [0.15, 0.2) is 25.7 Å². The van der Waals surface area contributed by atoms with Crippen LogP contribution in [0.25, 0.3) is 0 Å². The van der Waals surface area contributed by atoms with Crippen molar-refractivity contribution in [1.29, 1.82) is 0 Å². The maximum atomic E-state index is 6.50. The fourth-order valence-electron chi connectivity index (χ4n) is 3.32. The number of hydrogen-bond acceptors (Lipinski definition) is 2. The first kappa shape index (κ1) is 20.6. The molecule has 0 fully saturated rings. The molecule has 0 aliphatic rings. The zero-order valence-corrected chi connectivity index (χ0v) is 18.4. The van der Waals surface area contributed by atoms with Crippen molar-refractivity contribution in [2.75, 3.05) is 7.11 Å². The lowest BCUT2D eigenvalue weighted by Gasteiger charge is -2.41. The van der Waals surface area contributed by atoms with Gasteiger partial charge < -0.3 is 8.54 Å². The molecule has 0 aromatic heterocycles. The molecule has 1 atom stereocenters. The molecule has 122 valence electrons. The van der Waals surface area contributed by atoms with Crippen LogP contribution in [0.5, 0.6) is 0 Å². The second-order valence-corrected chi connectivity index (χ2v) is 19.2. The van der Waals surface area contributed by atoms with Crippen molar-refractivity contribution in [3.63, 3.8) is 0 Å². The SMILES string of the molecule is CCCCCCCC([Si](C)(C)OC)[Si](C)(C)O[SiH](C)C. The van der Waals surface area contributed by atoms with Crippen molar-refractivity contribution in [1.82, 2.24) is 0 Å². The van der Waals surface area contributed by atoms with Gasteiger partial charge in [-0.05, 0) is 44.4 Å². The maximum Gasteiger partial charge on any atom is 0.188 e. The van der Waals surface area contributed by atoms with Crippen molar-refractivity contribution in [3.05, 3.63) is 0 Å². The van der Waals surface area contributed by atoms with Gasteiger partial charge in [0.25, 0.3) is 0 Å². The monoisotopic (exact) mass is 334 g/mol. The van der Waals surface area contributed by atoms with Gasteiger partial charge in [0, 0.05) is 7.11 Å². The summed E-state index contributed by atoms with van der Waals surface area (Å²) < 4.78 is 12.5. The molecule has 0 saturated carbocycles. The number of unbranched alkanes of at least 4 members (excludes halogenated alkanes) is 4. The minimum Gasteiger partial charge on any atom is -0.458 e. The molecule has 0 aliphatic carbocycles. The lowest BCUT2D eigenvalue weighted by atomic mass is 10.1. The Bertz CT molecular complexity index is 256. The third-order valence-corrected chi connectivity index (χ3v) is 17.8. The predicted octanol–water partition coefficient (Wildman–Crippen LogP) is 5.31. The van der Waals surface area contributed by atoms with E-state index in [-0.39, 0.29) is 0 Å². The topological polar surface area (TPSA) is 18.5 Å². The summed E-state index contributed by atoms with van der Waals surface area (Å²) >= 11 is 0. The Morgan fingerprint density at radius 3 is 1.90 bits per heavy atom. The van der Waals surface area contributed by atoms with Crippen molar-refractivity contribution >= 4 is 25.7 Å². The van der Waals surface area contributed by atoms with Crippen LogP contribution < -0.4 is 0 Å². The van der Waals surface area contributed by atoms with Crippen LogP contribution in [-0.2, 0) is 8.54 Å². The highest BCUT2D eigenvalue weighted by atomic mass is 28.4. The molecular formula is C15H38O2Si3. The van der Waals surface area contributed by atoms with Gasteiger partial charge in [-0.25, -0.2) is 0 Å². The number of rotatable bonds is 11. The lowest BCUT2D eigenvalue weighted by molar-refractivity contribution is 0.389. The third-order valence-electron chi connectivity index (χ3n) is 4.34. The minimum atomic E-state index is -1.62. The van der Waals surface area contributed by atoms with Gasteiger partial charge in [0.2, 0.25) is 0 Å². The van der Waals surface area contributed by atoms with E-state index in [0.29, 0.717) is 0 Å². The Kier molecular flexibility index (Phi) is 9.83. The van der Waals surface area contributed by atoms with E-state index >= 15 is 0 Å². The zero-order chi connectivity index (χ0) is 15.8. The second-order valence-electron chi connectivity index (χ2n) is 7.33. The van der Waals surface area contributed by atoms with Gasteiger partial charge >= 0.3 is 0 Å². The van der Waals surface area contributed by atoms with Crippen molar-refractivity contribution in [2.45, 2.75) is 89.9 Å². The normalized spacial score (nSPS) is 14.8. The summed E-state index contributed by atoms with van der Waals surface area (Å²) in [5.41, 5.74) is 0. The minimum absolute atomic E-state index is 0.719. The summed E-state index contributed by atoms with van der Waals surface area (Å²) in [5, 5.41) is 0.719. The van der Waals surface area contributed by atoms with Crippen LogP contribution in [-0.4, -0.2) is 32.8 Å². The Hall–Kier alpha value is 0.571. The summed E-state index contributed by atoms with van der Waals surface area (Å²) in [7, 11) is -2.29. The fraction of sp³-hybridized carbons (Fsp3) is 1.00. The van der Waals surface area contributed by atoms with Crippen LogP contribution in [0.2, 0.25) is 44.4 Å². The van der Waals surface area contributed by atoms with Gasteiger partial charge in [-0.2, -0.15) is 0 Å². The largest absolute Gasteiger partial charge is 0.458 e. The van der Waals surface area contributed by atoms with Gasteiger partial charge in [0.1, 0.15) is 0 Å². The van der Waals surface area contributed by atoms with E-state index in [1.807, 2.05) is 7.11 Å². The molecule has 5 heteroatoms. The molecular weight excluding hydrogens is 296 g/mol. The summed E-state index contributed by atoms with van der Waals surface area (Å²) in [6, 6.07) is 0. The molecule has 20 heavy (non-hydrogen) atoms. The van der Waals surface area contributed by atoms with Crippen molar-refractivity contribution in [3.8, 4) is 0 Å². The molecule has 1 unspecified atom stereocenters. The van der Waals surface area contributed by atoms with E-state index in [1.165, 1.54) is 38.5 Å². The zero-order valence-electron chi connectivity index (χ0n) is 15.2. The highest BCUT2D eigenvalue weighted by Crippen LogP contribution is 2.38. The number of hydrogen-bond donors (Lipinski definition) is 0. The van der Waals surface area contributed by atoms with Gasteiger partial charge in [-0.15, -0.1) is 0 Å². The average Bonchev–Trinajstić information content (AvgIpc) is 2.31. The first-order valence-electron chi connectivity index (χ1n) is 8.40. The Morgan fingerprint density at radius 1 is 0.900 bits per heavy atom. The van der Waals surface area contributed by atoms with Gasteiger partial charge in [-0.1, -0.05) is 45.4 Å². The molecule has 0 aromatic rings. The first-order valence-corrected chi connectivity index (χ1v) is 17.2. The van der Waals surface area contributed by atoms with Crippen LogP contribution in [0.1, 0.15) is 45.4 Å². The maximum absolute atomic E-state index is 6.50. The molecule has 0 aromatic carbocycles. The van der Waals surface area contributed by atoms with Gasteiger partial charge in [0.05, 0.1) is 0 Å². The molecule has 0 rings (SSSR count). The van der Waals surface area contributed by atoms with Crippen LogP contribution in [0, 0.1) is 0 Å². The molecule has 2 nitrogen and oxygen atoms in total. The highest BCUT2D eigenvalue weighted by Gasteiger charge is 2.45. The van der Waals surface area contributed by atoms with E-state index < -0.39 is 25.7 Å². The molecule has 0 aliphatic heterocycles. The third kappa shape index (κ3) is 7.54. The molecule has 0 amide bonds. The van der Waals surface area contributed by atoms with Gasteiger partial charge in [-0.3, -0.25) is 0 Å². The molecule has 0 N–H and O–H groups in total. The smallest absolute Gasteiger partial charge is 0.188 e. The van der Waals surface area contributed by atoms with Crippen LogP contribution in [0.15, 0.2) is 0 Å². The Morgan fingerprint density at radius 2 is 1.45 bits per heavy atom. The summed E-state index contributed by atoms with van der Waals surface area (Å²) in [5.74, 6) is 0. The van der Waals surface area contributed by atoms with Crippen LogP contribution in [0.3, 0.4) is 0 Å². The van der Waals surface area contributed by atoms with E-state index in [2.05, 4.69) is 46.2 Å². The van der Waals surface area contributed by atoms with Crippen molar-refractivity contribution < 1.29 is 8.54 Å². The van der Waals surface area contributed by atoms with E-state index in [0.717, 1.165) is 5.16 Å². The summed E-state index contributed by atoms with van der Waals surface area (Å²) in [6.07, 6.45) is 8.14. The molecule has 0 heterocycles. The molecule has 0 spiro atoms. The molecule has 0 saturated heterocycles. The second kappa shape index (κ2) is 9.56. The molecule has 0 bridgehead atoms. The Labute approximate surface area is 131 Å². The molecule has 0 radical (unpaired) electrons. The quantitative estimate of drug-likeness (QED) is 0.376. The van der Waals surface area contributed by atoms with E-state index in [9.17, 15) is 0 Å².